The van der Waals surface area contributed by atoms with Gasteiger partial charge in [0.1, 0.15) is 0 Å². The number of benzene rings is 1. The Hall–Kier alpha value is -1.71. The van der Waals surface area contributed by atoms with Gasteiger partial charge in [-0.3, -0.25) is 9.18 Å². The van der Waals surface area contributed by atoms with Crippen molar-refractivity contribution in [2.75, 3.05) is 6.67 Å². The molecule has 0 aliphatic heterocycles. The number of nitrogens with zero attached hydrogens (tertiary/aromatic N) is 1. The van der Waals surface area contributed by atoms with Crippen LogP contribution in [0.25, 0.3) is 10.9 Å². The first-order chi connectivity index (χ1) is 6.81. The quantitative estimate of drug-likeness (QED) is 0.782. The third-order valence-electron chi connectivity index (χ3n) is 2.09. The molecule has 0 radical (unpaired) electrons. The molecule has 0 bridgehead atoms. The number of aryl methyl sites for hydroxylation is 1. The zero-order valence-corrected chi connectivity index (χ0v) is 7.46. The molecule has 1 aromatic heterocycles. The molecule has 3 nitrogen and oxygen atoms in total. The number of halogens is 1. The molecule has 2 aromatic rings. The Kier molecular flexibility index (Phi) is 2.26. The van der Waals surface area contributed by atoms with E-state index in [1.165, 1.54) is 6.33 Å². The maximum atomic E-state index is 12.1. The highest BCUT2D eigenvalue weighted by Crippen LogP contribution is 2.09. The topological polar surface area (TPSA) is 45.8 Å². The largest absolute Gasteiger partial charge is 0.313 e. The van der Waals surface area contributed by atoms with Gasteiger partial charge in [-0.2, -0.15) is 0 Å². The van der Waals surface area contributed by atoms with Crippen LogP contribution in [0.5, 0.6) is 0 Å². The van der Waals surface area contributed by atoms with Crippen LogP contribution in [0, 0.1) is 0 Å². The Morgan fingerprint density at radius 2 is 2.29 bits per heavy atom. The monoisotopic (exact) mass is 192 g/mol. The summed E-state index contributed by atoms with van der Waals surface area (Å²) in [7, 11) is 0. The van der Waals surface area contributed by atoms with Crippen LogP contribution in [-0.2, 0) is 6.42 Å². The first-order valence-electron chi connectivity index (χ1n) is 4.33. The minimum atomic E-state index is -0.394. The summed E-state index contributed by atoms with van der Waals surface area (Å²) in [6.45, 7) is -0.394. The fraction of sp³-hybridized carbons (Fsp3) is 0.200. The molecule has 1 aromatic carbocycles. The summed E-state index contributed by atoms with van der Waals surface area (Å²) in [6, 6.07) is 5.16. The molecule has 0 saturated carbocycles. The molecule has 72 valence electrons. The van der Waals surface area contributed by atoms with E-state index >= 15 is 0 Å². The first kappa shape index (κ1) is 8.87. The molecule has 0 fully saturated rings. The van der Waals surface area contributed by atoms with Gasteiger partial charge in [0, 0.05) is 6.42 Å². The molecule has 14 heavy (non-hydrogen) atoms. The van der Waals surface area contributed by atoms with Crippen LogP contribution in [0.4, 0.5) is 4.39 Å². The molecular weight excluding hydrogens is 183 g/mol. The lowest BCUT2D eigenvalue weighted by atomic mass is 10.1. The minimum Gasteiger partial charge on any atom is -0.313 e. The second kappa shape index (κ2) is 3.57. The molecule has 1 N–H and O–H groups in total. The smallest absolute Gasteiger partial charge is 0.258 e. The van der Waals surface area contributed by atoms with Gasteiger partial charge in [0.15, 0.2) is 0 Å². The van der Waals surface area contributed by atoms with Crippen LogP contribution >= 0.6 is 0 Å². The predicted octanol–water partition coefficient (Wildman–Crippen LogP) is 1.44. The summed E-state index contributed by atoms with van der Waals surface area (Å²) < 4.78 is 12.1. The summed E-state index contributed by atoms with van der Waals surface area (Å²) >= 11 is 0. The number of hydrogen-bond donors (Lipinski definition) is 1. The first-order valence-corrected chi connectivity index (χ1v) is 4.33. The van der Waals surface area contributed by atoms with Gasteiger partial charge >= 0.3 is 0 Å². The highest BCUT2D eigenvalue weighted by atomic mass is 19.1. The second-order valence-corrected chi connectivity index (χ2v) is 3.02. The summed E-state index contributed by atoms with van der Waals surface area (Å²) in [5.41, 5.74) is 1.31. The van der Waals surface area contributed by atoms with Gasteiger partial charge in [-0.15, -0.1) is 0 Å². The predicted molar refractivity (Wildman–Crippen MR) is 52.0 cm³/mol. The number of hydrogen-bond acceptors (Lipinski definition) is 2. The fourth-order valence-electron chi connectivity index (χ4n) is 1.38. The van der Waals surface area contributed by atoms with Crippen molar-refractivity contribution >= 4 is 10.9 Å². The van der Waals surface area contributed by atoms with Crippen molar-refractivity contribution in [1.29, 1.82) is 0 Å². The molecule has 0 aliphatic rings. The highest BCUT2D eigenvalue weighted by Gasteiger charge is 2.00. The maximum absolute atomic E-state index is 12.1. The van der Waals surface area contributed by atoms with E-state index in [1.807, 2.05) is 0 Å². The Labute approximate surface area is 79.6 Å². The summed E-state index contributed by atoms with van der Waals surface area (Å²) in [5.74, 6) is 0. The van der Waals surface area contributed by atoms with Crippen molar-refractivity contribution in [2.24, 2.45) is 0 Å². The molecule has 0 saturated heterocycles. The minimum absolute atomic E-state index is 0.165. The van der Waals surface area contributed by atoms with Crippen molar-refractivity contribution < 1.29 is 4.39 Å². The van der Waals surface area contributed by atoms with Crippen LogP contribution in [0.15, 0.2) is 29.3 Å². The Morgan fingerprint density at radius 1 is 1.43 bits per heavy atom. The van der Waals surface area contributed by atoms with E-state index in [2.05, 4.69) is 9.97 Å². The van der Waals surface area contributed by atoms with Crippen LogP contribution in [-0.4, -0.2) is 16.6 Å². The Morgan fingerprint density at radius 3 is 3.07 bits per heavy atom. The van der Waals surface area contributed by atoms with Crippen molar-refractivity contribution in [1.82, 2.24) is 9.97 Å². The summed E-state index contributed by atoms with van der Waals surface area (Å²) in [6.07, 6.45) is 1.72. The molecule has 4 heteroatoms. The van der Waals surface area contributed by atoms with E-state index in [1.54, 1.807) is 18.2 Å². The van der Waals surface area contributed by atoms with Gasteiger partial charge < -0.3 is 4.98 Å². The number of aromatic nitrogens is 2. The zero-order chi connectivity index (χ0) is 9.97. The fourth-order valence-corrected chi connectivity index (χ4v) is 1.38. The van der Waals surface area contributed by atoms with Gasteiger partial charge in [0.25, 0.3) is 5.56 Å². The van der Waals surface area contributed by atoms with Gasteiger partial charge in [-0.05, 0) is 17.7 Å². The normalized spacial score (nSPS) is 10.6. The summed E-state index contributed by atoms with van der Waals surface area (Å²) in [5, 5.41) is 0.537. The van der Waals surface area contributed by atoms with Gasteiger partial charge in [-0.25, -0.2) is 4.98 Å². The lowest BCUT2D eigenvalue weighted by Crippen LogP contribution is -2.06. The van der Waals surface area contributed by atoms with E-state index in [9.17, 15) is 9.18 Å². The molecule has 2 rings (SSSR count). The number of aromatic amines is 1. The Bertz CT molecular complexity index is 507. The molecule has 1 heterocycles. The number of H-pyrrole nitrogens is 1. The number of alkyl halides is 1. The van der Waals surface area contributed by atoms with E-state index in [-0.39, 0.29) is 5.56 Å². The van der Waals surface area contributed by atoms with E-state index < -0.39 is 6.67 Å². The summed E-state index contributed by atoms with van der Waals surface area (Å²) in [4.78, 5) is 17.8. The average Bonchev–Trinajstić information content (AvgIpc) is 2.18. The number of rotatable bonds is 2. The third kappa shape index (κ3) is 1.51. The van der Waals surface area contributed by atoms with Crippen molar-refractivity contribution in [3.63, 3.8) is 0 Å². The zero-order valence-electron chi connectivity index (χ0n) is 7.46. The molecule has 0 amide bonds. The number of nitrogens with one attached hydrogen (secondary N) is 1. The number of fused-ring (bicyclic) bond motifs is 1. The average molecular weight is 192 g/mol. The lowest BCUT2D eigenvalue weighted by molar-refractivity contribution is 0.495. The van der Waals surface area contributed by atoms with Crippen molar-refractivity contribution in [3.05, 3.63) is 40.4 Å². The van der Waals surface area contributed by atoms with E-state index in [0.717, 1.165) is 5.56 Å². The maximum Gasteiger partial charge on any atom is 0.258 e. The lowest BCUT2D eigenvalue weighted by Gasteiger charge is -1.99. The van der Waals surface area contributed by atoms with Gasteiger partial charge in [-0.1, -0.05) is 6.07 Å². The van der Waals surface area contributed by atoms with E-state index in [0.29, 0.717) is 17.3 Å². The molecular formula is C10H9FN2O. The molecule has 0 aliphatic carbocycles. The molecule has 0 unspecified atom stereocenters. The standard InChI is InChI=1S/C10H9FN2O/c11-4-3-7-1-2-8-9(5-7)12-6-13-10(8)14/h1-2,5-6H,3-4H2,(H,12,13,14). The van der Waals surface area contributed by atoms with Gasteiger partial charge in [0.05, 0.1) is 23.9 Å². The van der Waals surface area contributed by atoms with Crippen LogP contribution in [0.1, 0.15) is 5.56 Å². The van der Waals surface area contributed by atoms with Crippen LogP contribution in [0.3, 0.4) is 0 Å². The van der Waals surface area contributed by atoms with Crippen LogP contribution < -0.4 is 5.56 Å². The van der Waals surface area contributed by atoms with Crippen LogP contribution in [0.2, 0.25) is 0 Å². The second-order valence-electron chi connectivity index (χ2n) is 3.02. The van der Waals surface area contributed by atoms with Crippen molar-refractivity contribution in [2.45, 2.75) is 6.42 Å². The third-order valence-corrected chi connectivity index (χ3v) is 2.09. The van der Waals surface area contributed by atoms with E-state index in [4.69, 9.17) is 0 Å². The molecule has 0 atom stereocenters. The highest BCUT2D eigenvalue weighted by molar-refractivity contribution is 5.77. The Balaban J connectivity index is 2.61. The SMILES string of the molecule is O=c1[nH]cnc2cc(CCF)ccc12. The molecule has 0 spiro atoms. The van der Waals surface area contributed by atoms with Crippen molar-refractivity contribution in [3.8, 4) is 0 Å². The van der Waals surface area contributed by atoms with Gasteiger partial charge in [0.2, 0.25) is 0 Å².